The monoisotopic (exact) mass is 251 g/mol. The number of rotatable bonds is 3. The van der Waals surface area contributed by atoms with E-state index < -0.39 is 0 Å². The zero-order valence-electron chi connectivity index (χ0n) is 11.7. The first-order chi connectivity index (χ1) is 8.56. The van der Waals surface area contributed by atoms with Crippen molar-refractivity contribution in [2.24, 2.45) is 17.8 Å². The summed E-state index contributed by atoms with van der Waals surface area (Å²) in [5.74, 6) is 2.07. The van der Waals surface area contributed by atoms with Gasteiger partial charge in [-0.2, -0.15) is 0 Å². The number of hydrogen-bond donors (Lipinski definition) is 0. The molecule has 1 heterocycles. The van der Waals surface area contributed by atoms with Crippen LogP contribution in [0.15, 0.2) is 0 Å². The molecule has 1 aliphatic carbocycles. The average molecular weight is 251 g/mol. The summed E-state index contributed by atoms with van der Waals surface area (Å²) in [7, 11) is 0. The molecule has 1 saturated carbocycles. The van der Waals surface area contributed by atoms with Crippen molar-refractivity contribution in [1.29, 1.82) is 0 Å². The zero-order chi connectivity index (χ0) is 13.1. The van der Waals surface area contributed by atoms with Crippen molar-refractivity contribution in [2.45, 2.75) is 52.4 Å². The second kappa shape index (κ2) is 5.85. The van der Waals surface area contributed by atoms with Gasteiger partial charge in [0.05, 0.1) is 0 Å². The minimum atomic E-state index is 0.251. The molecule has 1 saturated heterocycles. The maximum Gasteiger partial charge on any atom is 0.225 e. The highest BCUT2D eigenvalue weighted by atomic mass is 16.2. The van der Waals surface area contributed by atoms with Crippen LogP contribution in [-0.2, 0) is 9.59 Å². The van der Waals surface area contributed by atoms with Crippen molar-refractivity contribution < 1.29 is 9.59 Å². The van der Waals surface area contributed by atoms with Gasteiger partial charge < -0.3 is 9.69 Å². The summed E-state index contributed by atoms with van der Waals surface area (Å²) in [6.07, 6.45) is 6.17. The second-order valence-electron chi connectivity index (χ2n) is 6.30. The number of nitrogens with zero attached hydrogens (tertiary/aromatic N) is 1. The lowest BCUT2D eigenvalue weighted by molar-refractivity contribution is -0.136. The smallest absolute Gasteiger partial charge is 0.225 e. The van der Waals surface area contributed by atoms with E-state index in [0.29, 0.717) is 18.2 Å². The minimum Gasteiger partial charge on any atom is -0.342 e. The maximum absolute atomic E-state index is 12.4. The van der Waals surface area contributed by atoms with Gasteiger partial charge in [-0.05, 0) is 50.9 Å². The molecule has 3 heteroatoms. The molecule has 2 aliphatic rings. The summed E-state index contributed by atoms with van der Waals surface area (Å²) in [4.78, 5) is 25.5. The molecule has 102 valence electrons. The molecule has 0 radical (unpaired) electrons. The van der Waals surface area contributed by atoms with Gasteiger partial charge in [-0.25, -0.2) is 0 Å². The molecule has 0 N–H and O–H groups in total. The van der Waals surface area contributed by atoms with Crippen LogP contribution in [0.25, 0.3) is 0 Å². The van der Waals surface area contributed by atoms with Crippen molar-refractivity contribution >= 4 is 11.7 Å². The lowest BCUT2D eigenvalue weighted by Crippen LogP contribution is -2.36. The first-order valence-electron chi connectivity index (χ1n) is 7.34. The highest BCUT2D eigenvalue weighted by Crippen LogP contribution is 2.31. The van der Waals surface area contributed by atoms with E-state index in [9.17, 15) is 9.59 Å². The van der Waals surface area contributed by atoms with Gasteiger partial charge in [-0.15, -0.1) is 0 Å². The van der Waals surface area contributed by atoms with Crippen LogP contribution in [0.2, 0.25) is 0 Å². The van der Waals surface area contributed by atoms with Gasteiger partial charge in [0.25, 0.3) is 0 Å². The van der Waals surface area contributed by atoms with Crippen molar-refractivity contribution in [3.8, 4) is 0 Å². The van der Waals surface area contributed by atoms with Crippen molar-refractivity contribution in [3.63, 3.8) is 0 Å². The zero-order valence-corrected chi connectivity index (χ0v) is 11.7. The van der Waals surface area contributed by atoms with E-state index in [1.807, 2.05) is 4.90 Å². The molecule has 3 nitrogen and oxygen atoms in total. The molecule has 0 spiro atoms. The predicted molar refractivity (Wildman–Crippen MR) is 71.1 cm³/mol. The average Bonchev–Trinajstić information content (AvgIpc) is 2.76. The number of carbonyl (C=O) groups excluding carboxylic acids is 2. The van der Waals surface area contributed by atoms with Crippen LogP contribution in [0, 0.1) is 17.8 Å². The Labute approximate surface area is 110 Å². The Morgan fingerprint density at radius 3 is 2.39 bits per heavy atom. The van der Waals surface area contributed by atoms with Crippen LogP contribution in [0.3, 0.4) is 0 Å². The van der Waals surface area contributed by atoms with Crippen LogP contribution in [0.1, 0.15) is 52.4 Å². The van der Waals surface area contributed by atoms with Crippen molar-refractivity contribution in [3.05, 3.63) is 0 Å². The van der Waals surface area contributed by atoms with E-state index in [4.69, 9.17) is 0 Å². The SMILES string of the molecule is CC(=O)C[C@@H]1CCN(C(=O)C2CCC(C)CC2)C1. The number of hydrogen-bond acceptors (Lipinski definition) is 2. The Bertz CT molecular complexity index is 318. The second-order valence-corrected chi connectivity index (χ2v) is 6.30. The van der Waals surface area contributed by atoms with Crippen molar-refractivity contribution in [1.82, 2.24) is 4.90 Å². The number of carbonyl (C=O) groups is 2. The fourth-order valence-corrected chi connectivity index (χ4v) is 3.37. The van der Waals surface area contributed by atoms with Crippen LogP contribution in [-0.4, -0.2) is 29.7 Å². The molecular weight excluding hydrogens is 226 g/mol. The summed E-state index contributed by atoms with van der Waals surface area (Å²) in [6.45, 7) is 5.60. The topological polar surface area (TPSA) is 37.4 Å². The van der Waals surface area contributed by atoms with Gasteiger partial charge in [0, 0.05) is 25.4 Å². The molecule has 1 amide bonds. The van der Waals surface area contributed by atoms with Crippen molar-refractivity contribution in [2.75, 3.05) is 13.1 Å². The summed E-state index contributed by atoms with van der Waals surface area (Å²) in [6, 6.07) is 0. The Balaban J connectivity index is 1.82. The molecule has 0 unspecified atom stereocenters. The molecule has 2 fully saturated rings. The van der Waals surface area contributed by atoms with Crippen LogP contribution >= 0.6 is 0 Å². The molecule has 0 bridgehead atoms. The summed E-state index contributed by atoms with van der Waals surface area (Å²) >= 11 is 0. The Kier molecular flexibility index (Phi) is 4.41. The van der Waals surface area contributed by atoms with E-state index >= 15 is 0 Å². The van der Waals surface area contributed by atoms with Crippen LogP contribution in [0.5, 0.6) is 0 Å². The Morgan fingerprint density at radius 2 is 1.78 bits per heavy atom. The van der Waals surface area contributed by atoms with Gasteiger partial charge >= 0.3 is 0 Å². The van der Waals surface area contributed by atoms with Gasteiger partial charge in [0.15, 0.2) is 0 Å². The molecule has 0 aromatic rings. The van der Waals surface area contributed by atoms with Gasteiger partial charge in [0.2, 0.25) is 5.91 Å². The van der Waals surface area contributed by atoms with Crippen LogP contribution in [0.4, 0.5) is 0 Å². The fraction of sp³-hybridized carbons (Fsp3) is 0.867. The lowest BCUT2D eigenvalue weighted by atomic mass is 9.82. The van der Waals surface area contributed by atoms with Gasteiger partial charge in [-0.1, -0.05) is 6.92 Å². The summed E-state index contributed by atoms with van der Waals surface area (Å²) in [5, 5.41) is 0. The molecule has 18 heavy (non-hydrogen) atoms. The van der Waals surface area contributed by atoms with E-state index in [-0.39, 0.29) is 11.7 Å². The molecule has 2 rings (SSSR count). The minimum absolute atomic E-state index is 0.251. The third kappa shape index (κ3) is 3.33. The van der Waals surface area contributed by atoms with E-state index in [1.54, 1.807) is 6.92 Å². The van der Waals surface area contributed by atoms with Gasteiger partial charge in [0.1, 0.15) is 5.78 Å². The molecule has 0 aromatic carbocycles. The molecule has 0 aromatic heterocycles. The number of amides is 1. The quantitative estimate of drug-likeness (QED) is 0.773. The molecular formula is C15H25NO2. The molecule has 1 aliphatic heterocycles. The predicted octanol–water partition coefficient (Wildman–Crippen LogP) is 2.64. The van der Waals surface area contributed by atoms with E-state index in [1.165, 1.54) is 12.8 Å². The highest BCUT2D eigenvalue weighted by Gasteiger charge is 2.32. The third-order valence-corrected chi connectivity index (χ3v) is 4.54. The normalized spacial score (nSPS) is 32.6. The number of likely N-dealkylation sites (tertiary alicyclic amines) is 1. The highest BCUT2D eigenvalue weighted by molar-refractivity contribution is 5.79. The number of Topliss-reactive ketones (excluding diaryl/α,β-unsaturated/α-hetero) is 1. The number of ketones is 1. The van der Waals surface area contributed by atoms with Gasteiger partial charge in [-0.3, -0.25) is 4.79 Å². The standard InChI is InChI=1S/C15H25NO2/c1-11-3-5-14(6-4-11)15(18)16-8-7-13(10-16)9-12(2)17/h11,13-14H,3-10H2,1-2H3/t11?,13-,14?/m0/s1. The first-order valence-corrected chi connectivity index (χ1v) is 7.34. The Morgan fingerprint density at radius 1 is 1.11 bits per heavy atom. The molecule has 1 atom stereocenters. The third-order valence-electron chi connectivity index (χ3n) is 4.54. The largest absolute Gasteiger partial charge is 0.342 e. The fourth-order valence-electron chi connectivity index (χ4n) is 3.37. The summed E-state index contributed by atoms with van der Waals surface area (Å²) < 4.78 is 0. The maximum atomic E-state index is 12.4. The summed E-state index contributed by atoms with van der Waals surface area (Å²) in [5.41, 5.74) is 0. The van der Waals surface area contributed by atoms with Crippen LogP contribution < -0.4 is 0 Å². The first kappa shape index (κ1) is 13.6. The Hall–Kier alpha value is -0.860. The van der Waals surface area contributed by atoms with E-state index in [0.717, 1.165) is 38.3 Å². The lowest BCUT2D eigenvalue weighted by Gasteiger charge is -2.29. The van der Waals surface area contributed by atoms with E-state index in [2.05, 4.69) is 6.92 Å².